The number of aliphatic hydroxyl groups is 1. The molecule has 0 rings (SSSR count). The molecular formula is C68H132O17P2. The number of carbonyl (C=O) groups is 4. The van der Waals surface area contributed by atoms with E-state index in [1.165, 1.54) is 128 Å². The first kappa shape index (κ1) is 85.1. The van der Waals surface area contributed by atoms with Gasteiger partial charge in [0, 0.05) is 25.7 Å². The topological polar surface area (TPSA) is 237 Å². The number of carbonyl (C=O) groups excluding carboxylic acids is 4. The normalized spacial score (nSPS) is 15.0. The lowest BCUT2D eigenvalue weighted by atomic mass is 9.99. The van der Waals surface area contributed by atoms with Gasteiger partial charge in [0.05, 0.1) is 26.4 Å². The fraction of sp³-hybridized carbons (Fsp3) is 0.941. The van der Waals surface area contributed by atoms with Crippen molar-refractivity contribution < 1.29 is 80.2 Å². The van der Waals surface area contributed by atoms with Gasteiger partial charge in [0.25, 0.3) is 0 Å². The van der Waals surface area contributed by atoms with E-state index in [9.17, 15) is 43.2 Å². The lowest BCUT2D eigenvalue weighted by Gasteiger charge is -2.21. The van der Waals surface area contributed by atoms with Crippen LogP contribution in [0.5, 0.6) is 0 Å². The first-order chi connectivity index (χ1) is 41.7. The lowest BCUT2D eigenvalue weighted by Crippen LogP contribution is -2.30. The van der Waals surface area contributed by atoms with Crippen molar-refractivity contribution in [2.75, 3.05) is 39.6 Å². The molecule has 0 saturated heterocycles. The van der Waals surface area contributed by atoms with Crippen LogP contribution in [-0.4, -0.2) is 96.7 Å². The van der Waals surface area contributed by atoms with Crippen LogP contribution in [0.2, 0.25) is 0 Å². The lowest BCUT2D eigenvalue weighted by molar-refractivity contribution is -0.161. The zero-order valence-electron chi connectivity index (χ0n) is 56.6. The molecule has 19 heteroatoms. The Bertz CT molecular complexity index is 1730. The van der Waals surface area contributed by atoms with Crippen LogP contribution in [0.4, 0.5) is 0 Å². The van der Waals surface area contributed by atoms with Gasteiger partial charge in [-0.3, -0.25) is 37.3 Å². The van der Waals surface area contributed by atoms with Crippen LogP contribution >= 0.6 is 15.6 Å². The highest BCUT2D eigenvalue weighted by Gasteiger charge is 2.30. The number of esters is 4. The van der Waals surface area contributed by atoms with Crippen LogP contribution in [0.3, 0.4) is 0 Å². The number of unbranched alkanes of at least 4 members (excludes halogenated alkanes) is 29. The fourth-order valence-corrected chi connectivity index (χ4v) is 11.7. The summed E-state index contributed by atoms with van der Waals surface area (Å²) in [6, 6.07) is 0. The van der Waals surface area contributed by atoms with E-state index in [0.29, 0.717) is 31.6 Å². The zero-order chi connectivity index (χ0) is 64.7. The van der Waals surface area contributed by atoms with Crippen LogP contribution in [0.25, 0.3) is 0 Å². The molecule has 0 spiro atoms. The van der Waals surface area contributed by atoms with E-state index in [2.05, 4.69) is 55.4 Å². The van der Waals surface area contributed by atoms with Gasteiger partial charge in [-0.25, -0.2) is 9.13 Å². The summed E-state index contributed by atoms with van der Waals surface area (Å²) in [5.41, 5.74) is 0. The SMILES string of the molecule is CCC(C)CCCCCCCCCCCCC(=O)OC[C@H](COP(=O)(O)OC[C@@H](O)COP(=O)(O)OC[C@@H](COC(=O)CCCCCCCCC(C)C)OC(=O)CCCCCCCCCCC(C)CC)OC(=O)CCCCCCCCCCCC(C)C. The van der Waals surface area contributed by atoms with E-state index in [-0.39, 0.29) is 25.7 Å². The van der Waals surface area contributed by atoms with Gasteiger partial charge in [-0.1, -0.05) is 280 Å². The minimum atomic E-state index is -4.95. The first-order valence-corrected chi connectivity index (χ1v) is 38.3. The highest BCUT2D eigenvalue weighted by Crippen LogP contribution is 2.45. The van der Waals surface area contributed by atoms with Gasteiger partial charge in [0.2, 0.25) is 0 Å². The average Bonchev–Trinajstić information content (AvgIpc) is 3.69. The molecule has 0 fully saturated rings. The van der Waals surface area contributed by atoms with Crippen molar-refractivity contribution in [1.29, 1.82) is 0 Å². The molecule has 0 saturated carbocycles. The minimum absolute atomic E-state index is 0.103. The number of phosphoric ester groups is 2. The molecule has 0 aliphatic rings. The first-order valence-electron chi connectivity index (χ1n) is 35.3. The van der Waals surface area contributed by atoms with Crippen molar-refractivity contribution in [2.45, 2.75) is 350 Å². The second-order valence-electron chi connectivity index (χ2n) is 26.0. The Morgan fingerprint density at radius 2 is 0.552 bits per heavy atom. The molecule has 0 aromatic rings. The summed E-state index contributed by atoms with van der Waals surface area (Å²) in [5.74, 6) is 0.860. The Morgan fingerprint density at radius 1 is 0.322 bits per heavy atom. The summed E-state index contributed by atoms with van der Waals surface area (Å²) in [4.78, 5) is 72.4. The Hall–Kier alpha value is -1.94. The molecule has 17 nitrogen and oxygen atoms in total. The van der Waals surface area contributed by atoms with Crippen molar-refractivity contribution in [1.82, 2.24) is 0 Å². The second-order valence-corrected chi connectivity index (χ2v) is 28.9. The number of phosphoric acid groups is 2. The van der Waals surface area contributed by atoms with E-state index in [1.54, 1.807) is 0 Å². The molecule has 0 aromatic heterocycles. The third-order valence-corrected chi connectivity index (χ3v) is 18.2. The predicted molar refractivity (Wildman–Crippen MR) is 349 cm³/mol. The summed E-state index contributed by atoms with van der Waals surface area (Å²) in [5, 5.41) is 10.6. The molecule has 0 bridgehead atoms. The quantitative estimate of drug-likeness (QED) is 0.0222. The molecule has 0 amide bonds. The fourth-order valence-electron chi connectivity index (χ4n) is 10.1. The Morgan fingerprint density at radius 3 is 0.816 bits per heavy atom. The standard InChI is InChI=1S/C68H132O17P2/c1-9-60(7)46-38-30-21-15-11-12-16-23-32-40-48-65(70)78-54-63(84-67(72)50-42-34-24-17-13-14-20-28-36-44-58(3)4)56-82-86(74,75)80-52-62(69)53-81-87(76,77)83-57-64(55-79-66(71)49-41-33-27-26-29-37-45-59(5)6)85-68(73)51-43-35-25-19-18-22-31-39-47-61(8)10-2/h58-64,69H,9-57H2,1-8H3,(H,74,75)(H,76,77)/t60?,61?,62-,63-,64-/m1/s1. The number of hydrogen-bond donors (Lipinski definition) is 3. The van der Waals surface area contributed by atoms with Gasteiger partial charge in [-0.2, -0.15) is 0 Å². The van der Waals surface area contributed by atoms with E-state index in [4.69, 9.17) is 37.0 Å². The average molecular weight is 1280 g/mol. The Kier molecular flexibility index (Phi) is 56.6. The number of ether oxygens (including phenoxy) is 4. The summed E-state index contributed by atoms with van der Waals surface area (Å²) in [6.07, 6.45) is 39.0. The van der Waals surface area contributed by atoms with Crippen molar-refractivity contribution in [3.8, 4) is 0 Å². The van der Waals surface area contributed by atoms with Gasteiger partial charge in [0.15, 0.2) is 12.2 Å². The van der Waals surface area contributed by atoms with Gasteiger partial charge in [-0.15, -0.1) is 0 Å². The largest absolute Gasteiger partial charge is 0.472 e. The number of rotatable bonds is 65. The summed E-state index contributed by atoms with van der Waals surface area (Å²) in [7, 11) is -9.90. The molecule has 7 atom stereocenters. The second kappa shape index (κ2) is 57.9. The summed E-state index contributed by atoms with van der Waals surface area (Å²) < 4.78 is 68.2. The molecule has 4 unspecified atom stereocenters. The van der Waals surface area contributed by atoms with E-state index in [1.807, 2.05) is 0 Å². The van der Waals surface area contributed by atoms with Crippen molar-refractivity contribution in [2.24, 2.45) is 23.7 Å². The van der Waals surface area contributed by atoms with Crippen molar-refractivity contribution >= 4 is 39.5 Å². The number of aliphatic hydroxyl groups excluding tert-OH is 1. The van der Waals surface area contributed by atoms with Crippen LogP contribution < -0.4 is 0 Å². The number of hydrogen-bond acceptors (Lipinski definition) is 15. The molecule has 0 radical (unpaired) electrons. The summed E-state index contributed by atoms with van der Waals surface area (Å²) in [6.45, 7) is 14.0. The van der Waals surface area contributed by atoms with Crippen molar-refractivity contribution in [3.05, 3.63) is 0 Å². The molecule has 0 aromatic carbocycles. The van der Waals surface area contributed by atoms with E-state index >= 15 is 0 Å². The highest BCUT2D eigenvalue weighted by molar-refractivity contribution is 7.47. The Balaban J connectivity index is 5.26. The van der Waals surface area contributed by atoms with Crippen molar-refractivity contribution in [3.63, 3.8) is 0 Å². The van der Waals surface area contributed by atoms with E-state index < -0.39 is 97.5 Å². The third kappa shape index (κ3) is 60.1. The molecule has 0 aliphatic heterocycles. The van der Waals surface area contributed by atoms with Crippen LogP contribution in [0, 0.1) is 23.7 Å². The minimum Gasteiger partial charge on any atom is -0.462 e. The van der Waals surface area contributed by atoms with Gasteiger partial charge < -0.3 is 33.8 Å². The Labute approximate surface area is 530 Å². The molecule has 0 heterocycles. The smallest absolute Gasteiger partial charge is 0.462 e. The van der Waals surface area contributed by atoms with Gasteiger partial charge in [-0.05, 0) is 49.4 Å². The van der Waals surface area contributed by atoms with Crippen LogP contribution in [0.1, 0.15) is 331 Å². The third-order valence-electron chi connectivity index (χ3n) is 16.3. The maximum Gasteiger partial charge on any atom is 0.472 e. The zero-order valence-corrected chi connectivity index (χ0v) is 58.4. The molecule has 516 valence electrons. The van der Waals surface area contributed by atoms with E-state index in [0.717, 1.165) is 114 Å². The molecular weight excluding hydrogens is 1150 g/mol. The molecule has 3 N–H and O–H groups in total. The van der Waals surface area contributed by atoms with Crippen LogP contribution in [-0.2, 0) is 65.4 Å². The van der Waals surface area contributed by atoms with Gasteiger partial charge in [0.1, 0.15) is 19.3 Å². The summed E-state index contributed by atoms with van der Waals surface area (Å²) >= 11 is 0. The predicted octanol–water partition coefficient (Wildman–Crippen LogP) is 18.9. The van der Waals surface area contributed by atoms with Gasteiger partial charge >= 0.3 is 39.5 Å². The maximum absolute atomic E-state index is 13.0. The molecule has 0 aliphatic carbocycles. The maximum atomic E-state index is 13.0. The highest BCUT2D eigenvalue weighted by atomic mass is 31.2. The van der Waals surface area contributed by atoms with Crippen LogP contribution in [0.15, 0.2) is 0 Å². The molecule has 87 heavy (non-hydrogen) atoms. The monoisotopic (exact) mass is 1280 g/mol.